The molecule has 1 N–H and O–H groups in total. The van der Waals surface area contributed by atoms with Gasteiger partial charge in [0.1, 0.15) is 17.2 Å². The molecule has 0 atom stereocenters. The first-order valence-corrected chi connectivity index (χ1v) is 12.2. The van der Waals surface area contributed by atoms with E-state index in [-0.39, 0.29) is 23.0 Å². The molecule has 0 bridgehead atoms. The third-order valence-corrected chi connectivity index (χ3v) is 6.91. The summed E-state index contributed by atoms with van der Waals surface area (Å²) in [7, 11) is 0. The molecule has 35 heavy (non-hydrogen) atoms. The molecule has 1 saturated heterocycles. The number of para-hydroxylation sites is 1. The van der Waals surface area contributed by atoms with E-state index >= 15 is 0 Å². The lowest BCUT2D eigenvalue weighted by Gasteiger charge is -2.36. The smallest absolute Gasteiger partial charge is 0.283 e. The van der Waals surface area contributed by atoms with Crippen LogP contribution in [-0.4, -0.2) is 57.3 Å². The number of fused-ring (bicyclic) bond motifs is 1. The van der Waals surface area contributed by atoms with Crippen LogP contribution in [0.25, 0.3) is 16.7 Å². The van der Waals surface area contributed by atoms with Crippen LogP contribution in [0.5, 0.6) is 0 Å². The van der Waals surface area contributed by atoms with Crippen LogP contribution in [0.15, 0.2) is 64.5 Å². The maximum absolute atomic E-state index is 14.1. The lowest BCUT2D eigenvalue weighted by molar-refractivity contribution is -0.128. The fourth-order valence-corrected chi connectivity index (χ4v) is 5.13. The van der Waals surface area contributed by atoms with Crippen LogP contribution in [0.4, 0.5) is 14.5 Å². The van der Waals surface area contributed by atoms with Crippen LogP contribution in [0.1, 0.15) is 5.69 Å². The second kappa shape index (κ2) is 9.53. The van der Waals surface area contributed by atoms with Crippen LogP contribution in [0.2, 0.25) is 0 Å². The van der Waals surface area contributed by atoms with E-state index in [1.165, 1.54) is 46.7 Å². The summed E-state index contributed by atoms with van der Waals surface area (Å²) in [6.07, 6.45) is 0. The SMILES string of the molecule is Cc1cc2nc(SCC(=O)N3CCN(c4ccccc4F)CC3)n(-c3ccc(F)cc3)c(=O)c2[nH]1. The zero-order chi connectivity index (χ0) is 24.5. The average Bonchev–Trinajstić information content (AvgIpc) is 3.24. The zero-order valence-electron chi connectivity index (χ0n) is 19.0. The first-order valence-electron chi connectivity index (χ1n) is 11.2. The lowest BCUT2D eigenvalue weighted by atomic mass is 10.2. The third kappa shape index (κ3) is 4.66. The molecule has 0 spiro atoms. The highest BCUT2D eigenvalue weighted by molar-refractivity contribution is 7.99. The minimum atomic E-state index is -0.412. The van der Waals surface area contributed by atoms with Gasteiger partial charge in [-0.1, -0.05) is 23.9 Å². The van der Waals surface area contributed by atoms with Crippen LogP contribution in [0, 0.1) is 18.6 Å². The number of nitrogens with zero attached hydrogens (tertiary/aromatic N) is 4. The fraction of sp³-hybridized carbons (Fsp3) is 0.240. The molecule has 0 aliphatic carbocycles. The number of rotatable bonds is 5. The average molecular weight is 496 g/mol. The van der Waals surface area contributed by atoms with Crippen molar-refractivity contribution in [3.63, 3.8) is 0 Å². The van der Waals surface area contributed by atoms with Crippen molar-refractivity contribution in [3.05, 3.63) is 82.3 Å². The maximum atomic E-state index is 14.1. The Morgan fingerprint density at radius 1 is 1.06 bits per heavy atom. The Balaban J connectivity index is 1.34. The van der Waals surface area contributed by atoms with E-state index in [4.69, 9.17) is 0 Å². The van der Waals surface area contributed by atoms with Crippen molar-refractivity contribution in [2.45, 2.75) is 12.1 Å². The van der Waals surface area contributed by atoms with Crippen LogP contribution in [-0.2, 0) is 4.79 Å². The summed E-state index contributed by atoms with van der Waals surface area (Å²) in [6, 6.07) is 14.0. The second-order valence-electron chi connectivity index (χ2n) is 8.33. The van der Waals surface area contributed by atoms with Crippen molar-refractivity contribution >= 4 is 34.4 Å². The molecular weight excluding hydrogens is 472 g/mol. The summed E-state index contributed by atoms with van der Waals surface area (Å²) in [5.41, 5.74) is 2.35. The molecule has 7 nitrogen and oxygen atoms in total. The van der Waals surface area contributed by atoms with Gasteiger partial charge in [0.2, 0.25) is 5.91 Å². The number of benzene rings is 2. The summed E-state index contributed by atoms with van der Waals surface area (Å²) in [5, 5.41) is 0.353. The Hall–Kier alpha value is -3.66. The minimum Gasteiger partial charge on any atom is -0.366 e. The van der Waals surface area contributed by atoms with Crippen molar-refractivity contribution in [1.82, 2.24) is 19.4 Å². The van der Waals surface area contributed by atoms with Gasteiger partial charge in [0.25, 0.3) is 5.56 Å². The number of amides is 1. The number of nitrogens with one attached hydrogen (secondary N) is 1. The van der Waals surface area contributed by atoms with Gasteiger partial charge < -0.3 is 14.8 Å². The molecule has 1 aliphatic heterocycles. The molecular formula is C25H23F2N5O2S. The maximum Gasteiger partial charge on any atom is 0.283 e. The van der Waals surface area contributed by atoms with E-state index in [1.54, 1.807) is 29.2 Å². The number of piperazine rings is 1. The highest BCUT2D eigenvalue weighted by Crippen LogP contribution is 2.24. The number of halogens is 2. The largest absolute Gasteiger partial charge is 0.366 e. The molecule has 0 unspecified atom stereocenters. The number of H-pyrrole nitrogens is 1. The molecule has 4 aromatic rings. The van der Waals surface area contributed by atoms with Gasteiger partial charge in [0, 0.05) is 31.9 Å². The van der Waals surface area contributed by atoms with Crippen molar-refractivity contribution < 1.29 is 13.6 Å². The standard InChI is InChI=1S/C25H23F2N5O2S/c1-16-14-20-23(28-16)24(34)32(18-8-6-17(26)7-9-18)25(29-20)35-15-22(33)31-12-10-30(11-13-31)21-5-3-2-4-19(21)27/h2-9,14,28H,10-13,15H2,1H3. The number of carbonyl (C=O) groups is 1. The molecule has 0 saturated carbocycles. The molecule has 0 radical (unpaired) electrons. The lowest BCUT2D eigenvalue weighted by Crippen LogP contribution is -2.49. The molecule has 2 aromatic carbocycles. The van der Waals surface area contributed by atoms with Gasteiger partial charge >= 0.3 is 0 Å². The first kappa shape index (κ1) is 23.1. The molecule has 2 aromatic heterocycles. The molecule has 5 rings (SSSR count). The van der Waals surface area contributed by atoms with E-state index in [0.717, 1.165) is 5.69 Å². The topological polar surface area (TPSA) is 74.2 Å². The Bertz CT molecular complexity index is 1440. The Morgan fingerprint density at radius 3 is 2.49 bits per heavy atom. The summed E-state index contributed by atoms with van der Waals surface area (Å²) >= 11 is 1.17. The molecule has 1 aliphatic rings. The summed E-state index contributed by atoms with van der Waals surface area (Å²) in [5.74, 6) is -0.690. The number of aromatic amines is 1. The Kier molecular flexibility index (Phi) is 6.29. The zero-order valence-corrected chi connectivity index (χ0v) is 19.8. The van der Waals surface area contributed by atoms with Crippen LogP contribution in [0.3, 0.4) is 0 Å². The molecule has 1 amide bonds. The predicted molar refractivity (Wildman–Crippen MR) is 132 cm³/mol. The van der Waals surface area contributed by atoms with Crippen molar-refractivity contribution in [3.8, 4) is 5.69 Å². The molecule has 180 valence electrons. The number of anilines is 1. The highest BCUT2D eigenvalue weighted by Gasteiger charge is 2.24. The summed E-state index contributed by atoms with van der Waals surface area (Å²) < 4.78 is 29.0. The van der Waals surface area contributed by atoms with E-state index < -0.39 is 5.82 Å². The van der Waals surface area contributed by atoms with Gasteiger partial charge in [-0.05, 0) is 49.4 Å². The van der Waals surface area contributed by atoms with E-state index in [1.807, 2.05) is 11.8 Å². The Labute approximate surface area is 204 Å². The van der Waals surface area contributed by atoms with Gasteiger partial charge in [-0.15, -0.1) is 0 Å². The van der Waals surface area contributed by atoms with E-state index in [0.29, 0.717) is 53.7 Å². The number of carbonyl (C=O) groups excluding carboxylic acids is 1. The number of hydrogen-bond acceptors (Lipinski definition) is 5. The summed E-state index contributed by atoms with van der Waals surface area (Å²) in [6.45, 7) is 3.85. The van der Waals surface area contributed by atoms with Crippen LogP contribution >= 0.6 is 11.8 Å². The fourth-order valence-electron chi connectivity index (χ4n) is 4.21. The number of aromatic nitrogens is 3. The van der Waals surface area contributed by atoms with Gasteiger partial charge in [-0.3, -0.25) is 14.2 Å². The third-order valence-electron chi connectivity index (χ3n) is 5.99. The van der Waals surface area contributed by atoms with Crippen molar-refractivity contribution in [2.75, 3.05) is 36.8 Å². The van der Waals surface area contributed by atoms with Gasteiger partial charge in [0.05, 0.1) is 22.6 Å². The van der Waals surface area contributed by atoms with Crippen molar-refractivity contribution in [1.29, 1.82) is 0 Å². The number of hydrogen-bond donors (Lipinski definition) is 1. The van der Waals surface area contributed by atoms with Crippen molar-refractivity contribution in [2.24, 2.45) is 0 Å². The predicted octanol–water partition coefficient (Wildman–Crippen LogP) is 3.74. The van der Waals surface area contributed by atoms with Gasteiger partial charge in [0.15, 0.2) is 5.16 Å². The van der Waals surface area contributed by atoms with E-state index in [9.17, 15) is 18.4 Å². The number of thioether (sulfide) groups is 1. The second-order valence-corrected chi connectivity index (χ2v) is 9.27. The van der Waals surface area contributed by atoms with E-state index in [2.05, 4.69) is 9.97 Å². The van der Waals surface area contributed by atoms with Gasteiger partial charge in [-0.25, -0.2) is 13.8 Å². The first-order chi connectivity index (χ1) is 16.9. The molecule has 1 fully saturated rings. The minimum absolute atomic E-state index is 0.0856. The highest BCUT2D eigenvalue weighted by atomic mass is 32.2. The quantitative estimate of drug-likeness (QED) is 0.337. The summed E-state index contributed by atoms with van der Waals surface area (Å²) in [4.78, 5) is 37.5. The van der Waals surface area contributed by atoms with Gasteiger partial charge in [-0.2, -0.15) is 0 Å². The molecule has 3 heterocycles. The number of aryl methyl sites for hydroxylation is 1. The normalized spacial score (nSPS) is 14.0. The monoisotopic (exact) mass is 495 g/mol. The van der Waals surface area contributed by atoms with Crippen LogP contribution < -0.4 is 10.5 Å². The molecule has 10 heteroatoms. The Morgan fingerprint density at radius 2 is 1.77 bits per heavy atom.